The third-order valence-corrected chi connectivity index (χ3v) is 4.81. The van der Waals surface area contributed by atoms with Gasteiger partial charge in [-0.25, -0.2) is 0 Å². The molecule has 0 unspecified atom stereocenters. The Bertz CT molecular complexity index is 694. The minimum absolute atomic E-state index is 0.0610. The average Bonchev–Trinajstić information content (AvgIpc) is 2.67. The zero-order valence-corrected chi connectivity index (χ0v) is 15.5. The molecule has 0 spiro atoms. The second kappa shape index (κ2) is 8.56. The third kappa shape index (κ3) is 4.13. The van der Waals surface area contributed by atoms with Crippen LogP contribution in [0.2, 0.25) is 0 Å². The molecule has 3 atom stereocenters. The van der Waals surface area contributed by atoms with Crippen molar-refractivity contribution in [1.29, 1.82) is 0 Å². The molecule has 0 bridgehead atoms. The lowest BCUT2D eigenvalue weighted by molar-refractivity contribution is -0.111. The zero-order chi connectivity index (χ0) is 18.4. The second-order valence-corrected chi connectivity index (χ2v) is 6.22. The van der Waals surface area contributed by atoms with Crippen LogP contribution in [0, 0.1) is 11.8 Å². The SMILES string of the molecule is COc1ccc([C@H](c2ccc(OC)c(OC)c2)[C@@H](C)[C@H](C)C=O)cc1. The molecule has 4 nitrogen and oxygen atoms in total. The number of carbonyl (C=O) groups is 1. The van der Waals surface area contributed by atoms with Gasteiger partial charge >= 0.3 is 0 Å². The smallest absolute Gasteiger partial charge is 0.161 e. The highest BCUT2D eigenvalue weighted by molar-refractivity contribution is 5.55. The van der Waals surface area contributed by atoms with Gasteiger partial charge in [0, 0.05) is 11.8 Å². The lowest BCUT2D eigenvalue weighted by Crippen LogP contribution is -2.19. The Kier molecular flexibility index (Phi) is 6.45. The first-order valence-electron chi connectivity index (χ1n) is 8.36. The number of ether oxygens (including phenoxy) is 3. The van der Waals surface area contributed by atoms with Crippen molar-refractivity contribution >= 4 is 6.29 Å². The first-order valence-corrected chi connectivity index (χ1v) is 8.36. The molecule has 0 aliphatic carbocycles. The van der Waals surface area contributed by atoms with Crippen molar-refractivity contribution in [2.75, 3.05) is 21.3 Å². The molecule has 25 heavy (non-hydrogen) atoms. The largest absolute Gasteiger partial charge is 0.497 e. The van der Waals surface area contributed by atoms with Crippen LogP contribution >= 0.6 is 0 Å². The lowest BCUT2D eigenvalue weighted by atomic mass is 9.76. The molecule has 0 radical (unpaired) electrons. The van der Waals surface area contributed by atoms with Crippen LogP contribution in [0.4, 0.5) is 0 Å². The fourth-order valence-corrected chi connectivity index (χ4v) is 3.08. The summed E-state index contributed by atoms with van der Waals surface area (Å²) in [5.74, 6) is 2.31. The van der Waals surface area contributed by atoms with Crippen LogP contribution in [-0.4, -0.2) is 27.6 Å². The number of carbonyl (C=O) groups excluding carboxylic acids is 1. The summed E-state index contributed by atoms with van der Waals surface area (Å²) in [5, 5.41) is 0. The topological polar surface area (TPSA) is 44.8 Å². The Morgan fingerprint density at radius 3 is 1.92 bits per heavy atom. The van der Waals surface area contributed by atoms with E-state index in [2.05, 4.69) is 6.92 Å². The van der Waals surface area contributed by atoms with Gasteiger partial charge in [0.2, 0.25) is 0 Å². The molecular weight excluding hydrogens is 316 g/mol. The molecule has 2 aromatic rings. The van der Waals surface area contributed by atoms with Crippen molar-refractivity contribution in [2.45, 2.75) is 19.8 Å². The number of benzene rings is 2. The standard InChI is InChI=1S/C21H26O4/c1-14(13-22)15(2)21(16-6-9-18(23-3)10-7-16)17-8-11-19(24-4)20(12-17)25-5/h6-15,21H,1-5H3/t14-,15+,21-/m1/s1. The molecule has 2 rings (SSSR count). The summed E-state index contributed by atoms with van der Waals surface area (Å²) in [5.41, 5.74) is 2.22. The minimum Gasteiger partial charge on any atom is -0.497 e. The normalized spacial score (nSPS) is 14.3. The van der Waals surface area contributed by atoms with E-state index in [0.29, 0.717) is 11.5 Å². The van der Waals surface area contributed by atoms with E-state index in [4.69, 9.17) is 14.2 Å². The van der Waals surface area contributed by atoms with Crippen molar-refractivity contribution in [3.05, 3.63) is 53.6 Å². The number of methoxy groups -OCH3 is 3. The van der Waals surface area contributed by atoms with Crippen LogP contribution in [0.5, 0.6) is 17.2 Å². The van der Waals surface area contributed by atoms with E-state index in [1.807, 2.05) is 49.4 Å². The maximum Gasteiger partial charge on any atom is 0.161 e. The summed E-state index contributed by atoms with van der Waals surface area (Å²) in [7, 11) is 4.90. The first-order chi connectivity index (χ1) is 12.0. The molecule has 0 aliphatic heterocycles. The fourth-order valence-electron chi connectivity index (χ4n) is 3.08. The molecular formula is C21H26O4. The van der Waals surface area contributed by atoms with Crippen LogP contribution in [0.25, 0.3) is 0 Å². The number of aldehydes is 1. The van der Waals surface area contributed by atoms with Crippen molar-refractivity contribution < 1.29 is 19.0 Å². The van der Waals surface area contributed by atoms with E-state index in [-0.39, 0.29) is 17.8 Å². The monoisotopic (exact) mass is 342 g/mol. The highest BCUT2D eigenvalue weighted by Crippen LogP contribution is 2.39. The minimum atomic E-state index is -0.0693. The van der Waals surface area contributed by atoms with Crippen LogP contribution in [0.15, 0.2) is 42.5 Å². The molecule has 2 aromatic carbocycles. The maximum atomic E-state index is 11.4. The van der Waals surface area contributed by atoms with E-state index in [0.717, 1.165) is 23.2 Å². The number of rotatable bonds is 8. The molecule has 0 amide bonds. The predicted molar refractivity (Wildman–Crippen MR) is 98.8 cm³/mol. The van der Waals surface area contributed by atoms with Gasteiger partial charge in [-0.15, -0.1) is 0 Å². The Morgan fingerprint density at radius 1 is 0.800 bits per heavy atom. The first kappa shape index (κ1) is 18.8. The molecule has 134 valence electrons. The highest BCUT2D eigenvalue weighted by Gasteiger charge is 2.26. The van der Waals surface area contributed by atoms with Gasteiger partial charge in [0.05, 0.1) is 21.3 Å². The Morgan fingerprint density at radius 2 is 1.40 bits per heavy atom. The fraction of sp³-hybridized carbons (Fsp3) is 0.381. The van der Waals surface area contributed by atoms with Crippen molar-refractivity contribution in [3.63, 3.8) is 0 Å². The van der Waals surface area contributed by atoms with Crippen LogP contribution < -0.4 is 14.2 Å². The predicted octanol–water partition coefficient (Wildman–Crippen LogP) is 4.32. The van der Waals surface area contributed by atoms with Gasteiger partial charge < -0.3 is 19.0 Å². The van der Waals surface area contributed by atoms with Crippen LogP contribution in [0.1, 0.15) is 30.9 Å². The number of hydrogen-bond acceptors (Lipinski definition) is 4. The molecule has 0 heterocycles. The van der Waals surface area contributed by atoms with E-state index in [1.54, 1.807) is 21.3 Å². The molecule has 4 heteroatoms. The van der Waals surface area contributed by atoms with E-state index < -0.39 is 0 Å². The van der Waals surface area contributed by atoms with Gasteiger partial charge in [0.1, 0.15) is 12.0 Å². The summed E-state index contributed by atoms with van der Waals surface area (Å²) in [6, 6.07) is 13.9. The molecule has 0 saturated carbocycles. The van der Waals surface area contributed by atoms with E-state index in [1.165, 1.54) is 0 Å². The summed E-state index contributed by atoms with van der Waals surface area (Å²) in [4.78, 5) is 11.4. The zero-order valence-electron chi connectivity index (χ0n) is 15.5. The summed E-state index contributed by atoms with van der Waals surface area (Å²) >= 11 is 0. The molecule has 0 fully saturated rings. The quantitative estimate of drug-likeness (QED) is 0.670. The van der Waals surface area contributed by atoms with Crippen molar-refractivity contribution in [3.8, 4) is 17.2 Å². The van der Waals surface area contributed by atoms with Crippen molar-refractivity contribution in [2.24, 2.45) is 11.8 Å². The molecule has 0 N–H and O–H groups in total. The lowest BCUT2D eigenvalue weighted by Gasteiger charge is -2.28. The Hall–Kier alpha value is -2.49. The third-order valence-electron chi connectivity index (χ3n) is 4.81. The second-order valence-electron chi connectivity index (χ2n) is 6.22. The molecule has 0 aliphatic rings. The number of hydrogen-bond donors (Lipinski definition) is 0. The molecule has 0 saturated heterocycles. The Labute approximate surface area is 149 Å². The van der Waals surface area contributed by atoms with E-state index in [9.17, 15) is 4.79 Å². The summed E-state index contributed by atoms with van der Waals surface area (Å²) in [6.07, 6.45) is 1.02. The van der Waals surface area contributed by atoms with Crippen LogP contribution in [0.3, 0.4) is 0 Å². The summed E-state index contributed by atoms with van der Waals surface area (Å²) in [6.45, 7) is 4.06. The highest BCUT2D eigenvalue weighted by atomic mass is 16.5. The van der Waals surface area contributed by atoms with E-state index >= 15 is 0 Å². The molecule has 0 aromatic heterocycles. The van der Waals surface area contributed by atoms with Gasteiger partial charge in [0.25, 0.3) is 0 Å². The van der Waals surface area contributed by atoms with Gasteiger partial charge in [-0.2, -0.15) is 0 Å². The van der Waals surface area contributed by atoms with Crippen molar-refractivity contribution in [1.82, 2.24) is 0 Å². The van der Waals surface area contributed by atoms with Gasteiger partial charge in [0.15, 0.2) is 11.5 Å². The van der Waals surface area contributed by atoms with Gasteiger partial charge in [-0.1, -0.05) is 32.0 Å². The summed E-state index contributed by atoms with van der Waals surface area (Å²) < 4.78 is 16.0. The van der Waals surface area contributed by atoms with Gasteiger partial charge in [-0.05, 0) is 41.3 Å². The van der Waals surface area contributed by atoms with Gasteiger partial charge in [-0.3, -0.25) is 0 Å². The Balaban J connectivity index is 2.52. The van der Waals surface area contributed by atoms with Crippen LogP contribution in [-0.2, 0) is 4.79 Å². The maximum absolute atomic E-state index is 11.4. The average molecular weight is 342 g/mol.